The van der Waals surface area contributed by atoms with E-state index in [9.17, 15) is 4.79 Å². The molecule has 6 nitrogen and oxygen atoms in total. The summed E-state index contributed by atoms with van der Waals surface area (Å²) >= 11 is 0. The summed E-state index contributed by atoms with van der Waals surface area (Å²) in [5.74, 6) is 0.494. The van der Waals surface area contributed by atoms with Gasteiger partial charge in [-0.25, -0.2) is 4.79 Å². The molecule has 1 fully saturated rings. The lowest BCUT2D eigenvalue weighted by Crippen LogP contribution is -2.51. The zero-order valence-corrected chi connectivity index (χ0v) is 11.9. The Bertz CT molecular complexity index is 405. The van der Waals surface area contributed by atoms with Crippen molar-refractivity contribution in [2.45, 2.75) is 26.3 Å². The molecule has 0 bridgehead atoms. The Kier molecular flexibility index (Phi) is 4.42. The Labute approximate surface area is 114 Å². The number of aromatic amines is 1. The molecule has 2 heterocycles. The normalized spacial score (nSPS) is 24.2. The third-order valence-electron chi connectivity index (χ3n) is 3.96. The van der Waals surface area contributed by atoms with Crippen molar-refractivity contribution in [3.8, 4) is 0 Å². The van der Waals surface area contributed by atoms with E-state index >= 15 is 0 Å². The van der Waals surface area contributed by atoms with Crippen LogP contribution < -0.4 is 5.32 Å². The van der Waals surface area contributed by atoms with Crippen LogP contribution in [0, 0.1) is 5.92 Å². The Hall–Kier alpha value is -1.56. The largest absolute Gasteiger partial charge is 0.324 e. The van der Waals surface area contributed by atoms with Crippen LogP contribution in [0.3, 0.4) is 0 Å². The number of hydrogen-bond donors (Lipinski definition) is 2. The van der Waals surface area contributed by atoms with Crippen LogP contribution in [-0.2, 0) is 0 Å². The molecule has 1 aromatic heterocycles. The molecule has 2 amide bonds. The molecule has 19 heavy (non-hydrogen) atoms. The monoisotopic (exact) mass is 265 g/mol. The molecule has 6 heteroatoms. The molecule has 1 aliphatic heterocycles. The molecule has 2 rings (SSSR count). The number of carbonyl (C=O) groups excluding carboxylic acids is 1. The van der Waals surface area contributed by atoms with E-state index in [1.807, 2.05) is 11.9 Å². The molecule has 0 spiro atoms. The first-order valence-electron chi connectivity index (χ1n) is 6.86. The van der Waals surface area contributed by atoms with Crippen molar-refractivity contribution < 1.29 is 4.79 Å². The zero-order chi connectivity index (χ0) is 13.8. The first-order valence-corrected chi connectivity index (χ1v) is 6.86. The van der Waals surface area contributed by atoms with Gasteiger partial charge in [0, 0.05) is 32.4 Å². The number of likely N-dealkylation sites (tertiary alicyclic amines) is 1. The van der Waals surface area contributed by atoms with E-state index in [4.69, 9.17) is 0 Å². The van der Waals surface area contributed by atoms with Gasteiger partial charge in [0.15, 0.2) is 0 Å². The third kappa shape index (κ3) is 3.26. The van der Waals surface area contributed by atoms with Gasteiger partial charge in [0.2, 0.25) is 0 Å². The Morgan fingerprint density at radius 1 is 1.68 bits per heavy atom. The maximum atomic E-state index is 12.2. The molecule has 0 saturated carbocycles. The standard InChI is InChI=1S/C13H23N5O/c1-4-18-6-5-12(10(2)9-18)17(3)13(19)16-11-7-14-15-8-11/h7-8,10,12H,4-6,9H2,1-3H3,(H,14,15)(H,16,19)/t10-,12-/m1/s1. The zero-order valence-electron chi connectivity index (χ0n) is 11.9. The quantitative estimate of drug-likeness (QED) is 0.872. The molecule has 1 saturated heterocycles. The van der Waals surface area contributed by atoms with Crippen LogP contribution in [0.5, 0.6) is 0 Å². The van der Waals surface area contributed by atoms with Crippen molar-refractivity contribution in [2.24, 2.45) is 5.92 Å². The Morgan fingerprint density at radius 2 is 2.47 bits per heavy atom. The lowest BCUT2D eigenvalue weighted by molar-refractivity contribution is 0.101. The van der Waals surface area contributed by atoms with Gasteiger partial charge >= 0.3 is 6.03 Å². The summed E-state index contributed by atoms with van der Waals surface area (Å²) in [6.07, 6.45) is 4.31. The van der Waals surface area contributed by atoms with Crippen molar-refractivity contribution in [3.63, 3.8) is 0 Å². The molecule has 106 valence electrons. The van der Waals surface area contributed by atoms with Crippen molar-refractivity contribution in [1.29, 1.82) is 0 Å². The van der Waals surface area contributed by atoms with E-state index in [1.54, 1.807) is 12.4 Å². The number of urea groups is 1. The Morgan fingerprint density at radius 3 is 3.05 bits per heavy atom. The number of rotatable bonds is 3. The van der Waals surface area contributed by atoms with Crippen molar-refractivity contribution in [1.82, 2.24) is 20.0 Å². The number of H-pyrrole nitrogens is 1. The number of carbonyl (C=O) groups is 1. The number of nitrogens with zero attached hydrogens (tertiary/aromatic N) is 3. The summed E-state index contributed by atoms with van der Waals surface area (Å²) in [4.78, 5) is 16.4. The summed E-state index contributed by atoms with van der Waals surface area (Å²) < 4.78 is 0. The number of hydrogen-bond acceptors (Lipinski definition) is 3. The SMILES string of the molecule is CCN1CC[C@@H](N(C)C(=O)Nc2cn[nH]c2)[C@H](C)C1. The minimum Gasteiger partial charge on any atom is -0.324 e. The smallest absolute Gasteiger partial charge is 0.321 e. The van der Waals surface area contributed by atoms with Crippen LogP contribution in [-0.4, -0.2) is 58.8 Å². The molecule has 2 atom stereocenters. The fourth-order valence-electron chi connectivity index (χ4n) is 2.76. The highest BCUT2D eigenvalue weighted by Crippen LogP contribution is 2.21. The molecule has 0 aliphatic carbocycles. The summed E-state index contributed by atoms with van der Waals surface area (Å²) in [6.45, 7) is 7.61. The predicted molar refractivity (Wildman–Crippen MR) is 75.1 cm³/mol. The average Bonchev–Trinajstić information content (AvgIpc) is 2.90. The molecule has 0 unspecified atom stereocenters. The van der Waals surface area contributed by atoms with Crippen molar-refractivity contribution in [2.75, 3.05) is 32.0 Å². The molecule has 0 aromatic carbocycles. The van der Waals surface area contributed by atoms with Gasteiger partial charge in [-0.2, -0.15) is 5.10 Å². The van der Waals surface area contributed by atoms with Gasteiger partial charge in [0.1, 0.15) is 0 Å². The van der Waals surface area contributed by atoms with Crippen LogP contribution in [0.4, 0.5) is 10.5 Å². The Balaban J connectivity index is 1.92. The maximum Gasteiger partial charge on any atom is 0.321 e. The van der Waals surface area contributed by atoms with E-state index in [2.05, 4.69) is 34.3 Å². The van der Waals surface area contributed by atoms with Crippen LogP contribution >= 0.6 is 0 Å². The first kappa shape index (κ1) is 13.9. The van der Waals surface area contributed by atoms with E-state index in [0.29, 0.717) is 17.6 Å². The summed E-state index contributed by atoms with van der Waals surface area (Å²) in [7, 11) is 1.87. The summed E-state index contributed by atoms with van der Waals surface area (Å²) in [6, 6.07) is 0.234. The van der Waals surface area contributed by atoms with Gasteiger partial charge in [-0.1, -0.05) is 13.8 Å². The number of amides is 2. The van der Waals surface area contributed by atoms with Gasteiger partial charge in [-0.3, -0.25) is 5.10 Å². The number of anilines is 1. The van der Waals surface area contributed by atoms with E-state index in [0.717, 1.165) is 26.1 Å². The summed E-state index contributed by atoms with van der Waals surface area (Å²) in [5.41, 5.74) is 0.704. The van der Waals surface area contributed by atoms with Crippen molar-refractivity contribution >= 4 is 11.7 Å². The molecule has 1 aromatic rings. The van der Waals surface area contributed by atoms with Crippen LogP contribution in [0.1, 0.15) is 20.3 Å². The highest BCUT2D eigenvalue weighted by Gasteiger charge is 2.30. The highest BCUT2D eigenvalue weighted by molar-refractivity contribution is 5.89. The van der Waals surface area contributed by atoms with Gasteiger partial charge in [-0.15, -0.1) is 0 Å². The van der Waals surface area contributed by atoms with E-state index < -0.39 is 0 Å². The lowest BCUT2D eigenvalue weighted by Gasteiger charge is -2.40. The molecule has 2 N–H and O–H groups in total. The van der Waals surface area contributed by atoms with Gasteiger partial charge in [0.25, 0.3) is 0 Å². The second kappa shape index (κ2) is 6.06. The van der Waals surface area contributed by atoms with E-state index in [-0.39, 0.29) is 6.03 Å². The minimum atomic E-state index is -0.0665. The second-order valence-electron chi connectivity index (χ2n) is 5.25. The summed E-state index contributed by atoms with van der Waals surface area (Å²) in [5, 5.41) is 9.35. The van der Waals surface area contributed by atoms with Gasteiger partial charge < -0.3 is 15.1 Å². The highest BCUT2D eigenvalue weighted by atomic mass is 16.2. The molecule has 0 radical (unpaired) electrons. The first-order chi connectivity index (χ1) is 9.11. The molecular weight excluding hydrogens is 242 g/mol. The minimum absolute atomic E-state index is 0.0665. The van der Waals surface area contributed by atoms with Crippen molar-refractivity contribution in [3.05, 3.63) is 12.4 Å². The van der Waals surface area contributed by atoms with Gasteiger partial charge in [0.05, 0.1) is 11.9 Å². The number of nitrogens with one attached hydrogen (secondary N) is 2. The van der Waals surface area contributed by atoms with Crippen LogP contribution in [0.15, 0.2) is 12.4 Å². The topological polar surface area (TPSA) is 64.3 Å². The lowest BCUT2D eigenvalue weighted by atomic mass is 9.93. The van der Waals surface area contributed by atoms with Crippen LogP contribution in [0.2, 0.25) is 0 Å². The fourth-order valence-corrected chi connectivity index (χ4v) is 2.76. The third-order valence-corrected chi connectivity index (χ3v) is 3.96. The average molecular weight is 265 g/mol. The second-order valence-corrected chi connectivity index (χ2v) is 5.25. The number of aromatic nitrogens is 2. The van der Waals surface area contributed by atoms with E-state index in [1.165, 1.54) is 0 Å². The molecular formula is C13H23N5O. The predicted octanol–water partition coefficient (Wildman–Crippen LogP) is 1.60. The molecule has 1 aliphatic rings. The number of piperidine rings is 1. The van der Waals surface area contributed by atoms with Gasteiger partial charge in [-0.05, 0) is 18.9 Å². The van der Waals surface area contributed by atoms with Crippen LogP contribution in [0.25, 0.3) is 0 Å². The maximum absolute atomic E-state index is 12.2. The fraction of sp³-hybridized carbons (Fsp3) is 0.692.